The molecule has 2 spiro atoms. The average molecular weight is 471 g/mol. The maximum absolute atomic E-state index is 14.2. The fraction of sp³-hybridized carbons (Fsp3) is 0.731. The number of Topliss-reactive ketones (excluding diaryl/α,β-unsaturated/α-hetero) is 1. The smallest absolute Gasteiger partial charge is 0.339 e. The van der Waals surface area contributed by atoms with Crippen molar-refractivity contribution >= 4 is 17.7 Å². The number of hydrogen-bond acceptors (Lipinski definition) is 8. The van der Waals surface area contributed by atoms with Gasteiger partial charge >= 0.3 is 11.9 Å². The van der Waals surface area contributed by atoms with Gasteiger partial charge in [0.05, 0.1) is 36.1 Å². The Kier molecular flexibility index (Phi) is 3.70. The first-order chi connectivity index (χ1) is 16.0. The second-order valence-corrected chi connectivity index (χ2v) is 12.2. The van der Waals surface area contributed by atoms with Crippen molar-refractivity contribution < 1.29 is 37.7 Å². The van der Waals surface area contributed by atoms with Crippen LogP contribution in [0.2, 0.25) is 0 Å². The minimum atomic E-state index is -0.976. The van der Waals surface area contributed by atoms with Crippen LogP contribution in [0.4, 0.5) is 0 Å². The topological polar surface area (TPSA) is 105 Å². The lowest BCUT2D eigenvalue weighted by molar-refractivity contribution is -0.225. The second kappa shape index (κ2) is 5.95. The van der Waals surface area contributed by atoms with E-state index in [1.165, 1.54) is 0 Å². The van der Waals surface area contributed by atoms with Crippen LogP contribution in [0.15, 0.2) is 23.0 Å². The van der Waals surface area contributed by atoms with Crippen LogP contribution in [0.5, 0.6) is 0 Å². The summed E-state index contributed by atoms with van der Waals surface area (Å²) in [5.41, 5.74) is -2.78. The average Bonchev–Trinajstić information content (AvgIpc) is 3.26. The highest BCUT2D eigenvalue weighted by Crippen LogP contribution is 2.79. The quantitative estimate of drug-likeness (QED) is 0.455. The molecular weight excluding hydrogens is 440 g/mol. The fourth-order valence-electron chi connectivity index (χ4n) is 9.34. The molecule has 1 aromatic heterocycles. The normalized spacial score (nSPS) is 52.4. The number of cyclic esters (lactones) is 2. The Hall–Kier alpha value is -2.19. The molecule has 0 amide bonds. The lowest BCUT2D eigenvalue weighted by Crippen LogP contribution is -2.72. The van der Waals surface area contributed by atoms with Gasteiger partial charge in [-0.15, -0.1) is 0 Å². The summed E-state index contributed by atoms with van der Waals surface area (Å²) in [6.45, 7) is 8.36. The standard InChI is InChI=1S/C26H30O8/c1-22(2)15-9-16(27)24(4)14(25(15)12-31-18(28)10-17(25)33-22)5-7-23(3)19(13-6-8-30-11-13)32-21(29)20-26(23,24)34-20/h6,8,11,14-15,17,19-20H,5,7,9-10,12H2,1-4H3/t14-,15+,17-,19+,20+,23-,24-,25+,26+/m0/s1. The van der Waals surface area contributed by atoms with Gasteiger partial charge in [0.2, 0.25) is 0 Å². The predicted octanol–water partition coefficient (Wildman–Crippen LogP) is 3.14. The SMILES string of the molecule is CC1(C)O[C@H]2CC(=O)OC[C@@]23[C@@H]1CC(=O)[C@]1(C)[C@@H]3CC[C@@]2(C)[C@@H](c3ccoc3)OC(=O)[C@H]3O[C@]321. The summed E-state index contributed by atoms with van der Waals surface area (Å²) >= 11 is 0. The van der Waals surface area contributed by atoms with E-state index in [4.69, 9.17) is 23.4 Å². The van der Waals surface area contributed by atoms with Gasteiger partial charge < -0.3 is 23.4 Å². The van der Waals surface area contributed by atoms with Crippen molar-refractivity contribution in [1.29, 1.82) is 0 Å². The van der Waals surface area contributed by atoms with Crippen molar-refractivity contribution in [2.75, 3.05) is 6.61 Å². The molecule has 7 rings (SSSR count). The zero-order chi connectivity index (χ0) is 23.9. The van der Waals surface area contributed by atoms with Crippen molar-refractivity contribution in [3.05, 3.63) is 24.2 Å². The Morgan fingerprint density at radius 1 is 0.971 bits per heavy atom. The van der Waals surface area contributed by atoms with Crippen LogP contribution in [0.1, 0.15) is 65.0 Å². The maximum Gasteiger partial charge on any atom is 0.339 e. The molecule has 34 heavy (non-hydrogen) atoms. The number of furan rings is 1. The molecule has 6 fully saturated rings. The van der Waals surface area contributed by atoms with Gasteiger partial charge in [0, 0.05) is 28.7 Å². The third-order valence-electron chi connectivity index (χ3n) is 10.7. The van der Waals surface area contributed by atoms with Crippen LogP contribution in [0, 0.1) is 28.1 Å². The van der Waals surface area contributed by atoms with Crippen LogP contribution >= 0.6 is 0 Å². The Morgan fingerprint density at radius 2 is 1.76 bits per heavy atom. The highest BCUT2D eigenvalue weighted by atomic mass is 16.7. The van der Waals surface area contributed by atoms with Gasteiger partial charge in [-0.05, 0) is 45.6 Å². The van der Waals surface area contributed by atoms with E-state index in [1.54, 1.807) is 12.5 Å². The molecule has 1 aromatic rings. The summed E-state index contributed by atoms with van der Waals surface area (Å²) in [5, 5.41) is 0. The fourth-order valence-corrected chi connectivity index (χ4v) is 9.34. The first-order valence-electron chi connectivity index (χ1n) is 12.3. The molecule has 5 heterocycles. The maximum atomic E-state index is 14.2. The molecule has 182 valence electrons. The van der Waals surface area contributed by atoms with Gasteiger partial charge in [0.15, 0.2) is 6.10 Å². The summed E-state index contributed by atoms with van der Waals surface area (Å²) in [6, 6.07) is 1.81. The van der Waals surface area contributed by atoms with E-state index in [9.17, 15) is 14.4 Å². The van der Waals surface area contributed by atoms with Crippen molar-refractivity contribution in [2.45, 2.75) is 82.9 Å². The molecule has 2 saturated carbocycles. The van der Waals surface area contributed by atoms with Crippen LogP contribution in [-0.2, 0) is 33.3 Å². The van der Waals surface area contributed by atoms with E-state index in [2.05, 4.69) is 6.92 Å². The van der Waals surface area contributed by atoms with Gasteiger partial charge in [-0.3, -0.25) is 9.59 Å². The van der Waals surface area contributed by atoms with E-state index in [-0.39, 0.29) is 42.7 Å². The molecule has 8 heteroatoms. The third-order valence-corrected chi connectivity index (χ3v) is 10.7. The molecule has 8 nitrogen and oxygen atoms in total. The van der Waals surface area contributed by atoms with Crippen molar-refractivity contribution in [2.24, 2.45) is 28.1 Å². The first kappa shape index (κ1) is 21.1. The van der Waals surface area contributed by atoms with Crippen molar-refractivity contribution in [3.8, 4) is 0 Å². The number of esters is 2. The summed E-state index contributed by atoms with van der Waals surface area (Å²) in [7, 11) is 0. The van der Waals surface area contributed by atoms with E-state index >= 15 is 0 Å². The second-order valence-electron chi connectivity index (χ2n) is 12.2. The van der Waals surface area contributed by atoms with E-state index in [0.29, 0.717) is 12.8 Å². The van der Waals surface area contributed by atoms with Gasteiger partial charge in [0.25, 0.3) is 0 Å². The molecule has 2 aliphatic carbocycles. The molecule has 0 radical (unpaired) electrons. The minimum absolute atomic E-state index is 0.0677. The van der Waals surface area contributed by atoms with Gasteiger partial charge in [-0.1, -0.05) is 6.92 Å². The van der Waals surface area contributed by atoms with Crippen molar-refractivity contribution in [1.82, 2.24) is 0 Å². The Bertz CT molecular complexity index is 1120. The van der Waals surface area contributed by atoms with Crippen LogP contribution in [0.3, 0.4) is 0 Å². The number of epoxide rings is 1. The highest BCUT2D eigenvalue weighted by Gasteiger charge is 2.89. The van der Waals surface area contributed by atoms with Crippen LogP contribution in [0.25, 0.3) is 0 Å². The molecular formula is C26H30O8. The third kappa shape index (κ3) is 2.02. The number of ketones is 1. The highest BCUT2D eigenvalue weighted by molar-refractivity contribution is 5.93. The molecule has 0 N–H and O–H groups in total. The molecule has 4 aliphatic heterocycles. The summed E-state index contributed by atoms with van der Waals surface area (Å²) in [5.74, 6) is -0.780. The lowest BCUT2D eigenvalue weighted by atomic mass is 9.37. The monoisotopic (exact) mass is 470 g/mol. The van der Waals surface area contributed by atoms with E-state index in [1.807, 2.05) is 26.8 Å². The summed E-state index contributed by atoms with van der Waals surface area (Å²) in [6.07, 6.45) is 3.46. The Balaban J connectivity index is 1.41. The van der Waals surface area contributed by atoms with Crippen molar-refractivity contribution in [3.63, 3.8) is 0 Å². The number of ether oxygens (including phenoxy) is 4. The Morgan fingerprint density at radius 3 is 2.50 bits per heavy atom. The number of carbonyl (C=O) groups is 3. The number of fused-ring (bicyclic) bond motifs is 1. The van der Waals surface area contributed by atoms with Gasteiger partial charge in [-0.25, -0.2) is 4.79 Å². The van der Waals surface area contributed by atoms with Gasteiger partial charge in [-0.2, -0.15) is 0 Å². The minimum Gasteiger partial charge on any atom is -0.472 e. The van der Waals surface area contributed by atoms with E-state index < -0.39 is 45.6 Å². The summed E-state index contributed by atoms with van der Waals surface area (Å²) in [4.78, 5) is 39.7. The van der Waals surface area contributed by atoms with E-state index in [0.717, 1.165) is 12.0 Å². The number of hydrogen-bond donors (Lipinski definition) is 0. The number of carbonyl (C=O) groups excluding carboxylic acids is 3. The Labute approximate surface area is 197 Å². The van der Waals surface area contributed by atoms with Crippen LogP contribution < -0.4 is 0 Å². The number of rotatable bonds is 1. The lowest BCUT2D eigenvalue weighted by Gasteiger charge is -2.65. The van der Waals surface area contributed by atoms with Crippen LogP contribution in [-0.4, -0.2) is 47.7 Å². The largest absolute Gasteiger partial charge is 0.472 e. The van der Waals surface area contributed by atoms with Gasteiger partial charge in [0.1, 0.15) is 24.1 Å². The molecule has 0 bridgehead atoms. The zero-order valence-electron chi connectivity index (χ0n) is 19.9. The summed E-state index contributed by atoms with van der Waals surface area (Å²) < 4.78 is 29.8. The first-order valence-corrected chi connectivity index (χ1v) is 12.3. The molecule has 6 aliphatic rings. The molecule has 9 atom stereocenters. The molecule has 0 unspecified atom stereocenters. The zero-order valence-corrected chi connectivity index (χ0v) is 19.9. The molecule has 0 aromatic carbocycles. The molecule has 4 saturated heterocycles. The predicted molar refractivity (Wildman–Crippen MR) is 114 cm³/mol.